The second-order valence-electron chi connectivity index (χ2n) is 3.68. The Morgan fingerprint density at radius 2 is 2.33 bits per heavy atom. The van der Waals surface area contributed by atoms with Crippen molar-refractivity contribution in [2.45, 2.75) is 18.4 Å². The SMILES string of the molecule is C=CC(=O)NC1(c2ccc(O)cn2)CC1. The molecular weight excluding hydrogens is 192 g/mol. The predicted octanol–water partition coefficient (Wildman–Crippen LogP) is 1.08. The van der Waals surface area contributed by atoms with Crippen molar-refractivity contribution in [3.8, 4) is 5.75 Å². The van der Waals surface area contributed by atoms with Crippen molar-refractivity contribution in [1.29, 1.82) is 0 Å². The van der Waals surface area contributed by atoms with E-state index in [0.29, 0.717) is 0 Å². The molecule has 2 N–H and O–H groups in total. The van der Waals surface area contributed by atoms with Crippen LogP contribution in [0.4, 0.5) is 0 Å². The van der Waals surface area contributed by atoms with E-state index in [4.69, 9.17) is 5.11 Å². The fourth-order valence-electron chi connectivity index (χ4n) is 1.53. The maximum atomic E-state index is 11.2. The zero-order chi connectivity index (χ0) is 10.9. The Morgan fingerprint density at radius 3 is 2.80 bits per heavy atom. The number of amides is 1. The topological polar surface area (TPSA) is 62.2 Å². The standard InChI is InChI=1S/C11H12N2O2/c1-2-10(15)13-11(5-6-11)9-4-3-8(14)7-12-9/h2-4,7,14H,1,5-6H2,(H,13,15). The molecule has 0 saturated heterocycles. The molecule has 4 nitrogen and oxygen atoms in total. The summed E-state index contributed by atoms with van der Waals surface area (Å²) in [5.41, 5.74) is 0.453. The minimum absolute atomic E-state index is 0.129. The van der Waals surface area contributed by atoms with E-state index in [-0.39, 0.29) is 17.2 Å². The molecule has 4 heteroatoms. The number of carbonyl (C=O) groups excluding carboxylic acids is 1. The summed E-state index contributed by atoms with van der Waals surface area (Å²) >= 11 is 0. The molecule has 1 aliphatic rings. The van der Waals surface area contributed by atoms with Crippen LogP contribution < -0.4 is 5.32 Å². The molecule has 0 aliphatic heterocycles. The molecule has 0 bridgehead atoms. The Balaban J connectivity index is 2.19. The molecule has 1 aromatic rings. The van der Waals surface area contributed by atoms with E-state index in [1.54, 1.807) is 12.1 Å². The first kappa shape index (κ1) is 9.71. The van der Waals surface area contributed by atoms with Crippen molar-refractivity contribution in [2.75, 3.05) is 0 Å². The number of carbonyl (C=O) groups is 1. The zero-order valence-electron chi connectivity index (χ0n) is 8.23. The lowest BCUT2D eigenvalue weighted by molar-refractivity contribution is -0.117. The lowest BCUT2D eigenvalue weighted by atomic mass is 10.1. The van der Waals surface area contributed by atoms with Crippen LogP contribution in [-0.2, 0) is 10.3 Å². The molecule has 1 saturated carbocycles. The highest BCUT2D eigenvalue weighted by atomic mass is 16.3. The molecule has 1 fully saturated rings. The molecule has 0 radical (unpaired) electrons. The highest BCUT2D eigenvalue weighted by molar-refractivity contribution is 5.87. The quantitative estimate of drug-likeness (QED) is 0.724. The molecule has 78 valence electrons. The number of hydrogen-bond acceptors (Lipinski definition) is 3. The van der Waals surface area contributed by atoms with Crippen LogP contribution in [0.3, 0.4) is 0 Å². The van der Waals surface area contributed by atoms with Gasteiger partial charge in [-0.05, 0) is 31.1 Å². The van der Waals surface area contributed by atoms with Gasteiger partial charge in [0.15, 0.2) is 0 Å². The fraction of sp³-hybridized carbons (Fsp3) is 0.273. The third-order valence-electron chi connectivity index (χ3n) is 2.54. The van der Waals surface area contributed by atoms with Crippen LogP contribution in [0.1, 0.15) is 18.5 Å². The van der Waals surface area contributed by atoms with E-state index in [1.165, 1.54) is 12.3 Å². The van der Waals surface area contributed by atoms with Crippen LogP contribution in [0, 0.1) is 0 Å². The molecule has 1 heterocycles. The second-order valence-corrected chi connectivity index (χ2v) is 3.68. The summed E-state index contributed by atoms with van der Waals surface area (Å²) in [7, 11) is 0. The molecular formula is C11H12N2O2. The molecule has 0 aromatic carbocycles. The van der Waals surface area contributed by atoms with Gasteiger partial charge in [0, 0.05) is 0 Å². The van der Waals surface area contributed by atoms with Gasteiger partial charge in [0.05, 0.1) is 17.4 Å². The number of hydrogen-bond donors (Lipinski definition) is 2. The van der Waals surface area contributed by atoms with Crippen LogP contribution in [0.5, 0.6) is 5.75 Å². The first-order valence-electron chi connectivity index (χ1n) is 4.76. The molecule has 1 amide bonds. The average Bonchev–Trinajstić information content (AvgIpc) is 3.00. The lowest BCUT2D eigenvalue weighted by Crippen LogP contribution is -2.34. The Hall–Kier alpha value is -1.84. The summed E-state index contributed by atoms with van der Waals surface area (Å²) in [6.07, 6.45) is 4.39. The van der Waals surface area contributed by atoms with E-state index in [9.17, 15) is 4.79 Å². The molecule has 1 aromatic heterocycles. The van der Waals surface area contributed by atoms with Crippen molar-refractivity contribution in [2.24, 2.45) is 0 Å². The van der Waals surface area contributed by atoms with Crippen LogP contribution in [0.15, 0.2) is 31.0 Å². The number of aromatic hydroxyl groups is 1. The van der Waals surface area contributed by atoms with Crippen LogP contribution in [0.25, 0.3) is 0 Å². The molecule has 0 atom stereocenters. The maximum Gasteiger partial charge on any atom is 0.244 e. The highest BCUT2D eigenvalue weighted by Gasteiger charge is 2.46. The minimum Gasteiger partial charge on any atom is -0.506 e. The third kappa shape index (κ3) is 1.83. The van der Waals surface area contributed by atoms with Gasteiger partial charge in [0.25, 0.3) is 0 Å². The van der Waals surface area contributed by atoms with Crippen LogP contribution in [-0.4, -0.2) is 16.0 Å². The molecule has 2 rings (SSSR count). The first-order valence-corrected chi connectivity index (χ1v) is 4.76. The van der Waals surface area contributed by atoms with Gasteiger partial charge in [-0.2, -0.15) is 0 Å². The highest BCUT2D eigenvalue weighted by Crippen LogP contribution is 2.44. The van der Waals surface area contributed by atoms with Gasteiger partial charge in [-0.25, -0.2) is 0 Å². The minimum atomic E-state index is -0.334. The smallest absolute Gasteiger partial charge is 0.244 e. The third-order valence-corrected chi connectivity index (χ3v) is 2.54. The summed E-state index contributed by atoms with van der Waals surface area (Å²) < 4.78 is 0. The van der Waals surface area contributed by atoms with Gasteiger partial charge >= 0.3 is 0 Å². The van der Waals surface area contributed by atoms with Crippen molar-refractivity contribution in [3.63, 3.8) is 0 Å². The van der Waals surface area contributed by atoms with Gasteiger partial charge in [-0.3, -0.25) is 9.78 Å². The van der Waals surface area contributed by atoms with Crippen molar-refractivity contribution >= 4 is 5.91 Å². The summed E-state index contributed by atoms with van der Waals surface area (Å²) in [5.74, 6) is -0.0630. The van der Waals surface area contributed by atoms with Crippen LogP contribution >= 0.6 is 0 Å². The van der Waals surface area contributed by atoms with Crippen LogP contribution in [0.2, 0.25) is 0 Å². The Kier molecular flexibility index (Phi) is 2.19. The van der Waals surface area contributed by atoms with Gasteiger partial charge < -0.3 is 10.4 Å². The van der Waals surface area contributed by atoms with E-state index < -0.39 is 0 Å². The van der Waals surface area contributed by atoms with Gasteiger partial charge in [-0.15, -0.1) is 0 Å². The molecule has 0 spiro atoms. The van der Waals surface area contributed by atoms with E-state index in [0.717, 1.165) is 18.5 Å². The fourth-order valence-corrected chi connectivity index (χ4v) is 1.53. The van der Waals surface area contributed by atoms with Crippen molar-refractivity contribution in [3.05, 3.63) is 36.7 Å². The zero-order valence-corrected chi connectivity index (χ0v) is 8.23. The van der Waals surface area contributed by atoms with E-state index in [1.807, 2.05) is 0 Å². The molecule has 0 unspecified atom stereocenters. The summed E-state index contributed by atoms with van der Waals surface area (Å²) in [4.78, 5) is 15.3. The van der Waals surface area contributed by atoms with E-state index >= 15 is 0 Å². The number of nitrogens with one attached hydrogen (secondary N) is 1. The van der Waals surface area contributed by atoms with E-state index in [2.05, 4.69) is 16.9 Å². The summed E-state index contributed by atoms with van der Waals surface area (Å²) in [5, 5.41) is 12.0. The average molecular weight is 204 g/mol. The Morgan fingerprint density at radius 1 is 1.60 bits per heavy atom. The van der Waals surface area contributed by atoms with Gasteiger partial charge in [0.1, 0.15) is 5.75 Å². The van der Waals surface area contributed by atoms with Crippen molar-refractivity contribution in [1.82, 2.24) is 10.3 Å². The summed E-state index contributed by atoms with van der Waals surface area (Å²) in [6.45, 7) is 3.41. The Bertz CT molecular complexity index is 394. The van der Waals surface area contributed by atoms with Gasteiger partial charge in [0.2, 0.25) is 5.91 Å². The summed E-state index contributed by atoms with van der Waals surface area (Å²) in [6, 6.07) is 3.30. The normalized spacial score (nSPS) is 16.8. The maximum absolute atomic E-state index is 11.2. The Labute approximate surface area is 87.7 Å². The number of aromatic nitrogens is 1. The lowest BCUT2D eigenvalue weighted by Gasteiger charge is -2.15. The predicted molar refractivity (Wildman–Crippen MR) is 55.2 cm³/mol. The second kappa shape index (κ2) is 3.38. The first-order chi connectivity index (χ1) is 7.16. The van der Waals surface area contributed by atoms with Crippen molar-refractivity contribution < 1.29 is 9.90 Å². The number of rotatable bonds is 3. The van der Waals surface area contributed by atoms with Gasteiger partial charge in [-0.1, -0.05) is 6.58 Å². The molecule has 1 aliphatic carbocycles. The molecule has 15 heavy (non-hydrogen) atoms. The monoisotopic (exact) mass is 204 g/mol. The number of pyridine rings is 1. The number of nitrogens with zero attached hydrogens (tertiary/aromatic N) is 1. The largest absolute Gasteiger partial charge is 0.506 e.